The van der Waals surface area contributed by atoms with Crippen LogP contribution in [0.3, 0.4) is 0 Å². The SMILES string of the molecule is C=c1[nH]c(=O)c(=CC=CC(CC)CCCCCC)c(=O)[nH]1. The van der Waals surface area contributed by atoms with Crippen molar-refractivity contribution in [2.45, 2.75) is 52.4 Å². The van der Waals surface area contributed by atoms with Crippen LogP contribution >= 0.6 is 0 Å². The minimum Gasteiger partial charge on any atom is -0.308 e. The number of allylic oxidation sites excluding steroid dienone is 2. The Balaban J connectivity index is 2.75. The molecule has 21 heavy (non-hydrogen) atoms. The molecule has 1 heterocycles. The van der Waals surface area contributed by atoms with Gasteiger partial charge in [0.2, 0.25) is 0 Å². The molecule has 0 radical (unpaired) electrons. The Kier molecular flexibility index (Phi) is 7.51. The summed E-state index contributed by atoms with van der Waals surface area (Å²) >= 11 is 0. The summed E-state index contributed by atoms with van der Waals surface area (Å²) in [6.07, 6.45) is 12.7. The number of aromatic nitrogens is 2. The lowest BCUT2D eigenvalue weighted by Gasteiger charge is -2.08. The fourth-order valence-corrected chi connectivity index (χ4v) is 2.27. The standard InChI is InChI=1S/C17H26N2O2/c1-4-6-7-8-10-14(5-2)11-9-12-15-16(20)18-13(3)19-17(15)21/h9,11-12,14H,3-8,10H2,1-2H3,(H,18,20)(H,19,21). The third-order valence-corrected chi connectivity index (χ3v) is 3.62. The van der Waals surface area contributed by atoms with Gasteiger partial charge in [0.25, 0.3) is 11.1 Å². The predicted octanol–water partition coefficient (Wildman–Crippen LogP) is 1.81. The molecule has 0 aliphatic carbocycles. The summed E-state index contributed by atoms with van der Waals surface area (Å²) in [5.41, 5.74) is -0.567. The van der Waals surface area contributed by atoms with Crippen LogP contribution in [0, 0.1) is 5.92 Å². The van der Waals surface area contributed by atoms with Crippen LogP contribution < -0.4 is 21.8 Å². The molecule has 0 aliphatic heterocycles. The minimum atomic E-state index is -0.399. The fourth-order valence-electron chi connectivity index (χ4n) is 2.27. The lowest BCUT2D eigenvalue weighted by molar-refractivity contribution is 0.518. The monoisotopic (exact) mass is 290 g/mol. The highest BCUT2D eigenvalue weighted by atomic mass is 16.1. The van der Waals surface area contributed by atoms with Crippen molar-refractivity contribution in [1.29, 1.82) is 0 Å². The van der Waals surface area contributed by atoms with E-state index in [9.17, 15) is 9.59 Å². The van der Waals surface area contributed by atoms with E-state index in [4.69, 9.17) is 0 Å². The van der Waals surface area contributed by atoms with Gasteiger partial charge in [0.15, 0.2) is 0 Å². The summed E-state index contributed by atoms with van der Waals surface area (Å²) in [5, 5.41) is 0.125. The normalized spacial score (nSPS) is 12.7. The molecule has 4 heteroatoms. The van der Waals surface area contributed by atoms with E-state index in [-0.39, 0.29) is 10.7 Å². The highest BCUT2D eigenvalue weighted by Crippen LogP contribution is 2.15. The zero-order chi connectivity index (χ0) is 15.7. The highest BCUT2D eigenvalue weighted by molar-refractivity contribution is 5.35. The van der Waals surface area contributed by atoms with Crippen molar-refractivity contribution in [2.24, 2.45) is 5.92 Å². The molecule has 0 aromatic carbocycles. The first-order valence-electron chi connectivity index (χ1n) is 7.78. The van der Waals surface area contributed by atoms with Crippen LogP contribution in [-0.4, -0.2) is 9.97 Å². The van der Waals surface area contributed by atoms with E-state index in [1.54, 1.807) is 6.08 Å². The van der Waals surface area contributed by atoms with Crippen molar-refractivity contribution in [2.75, 3.05) is 0 Å². The van der Waals surface area contributed by atoms with Crippen molar-refractivity contribution < 1.29 is 0 Å². The summed E-state index contributed by atoms with van der Waals surface area (Å²) in [6.45, 7) is 7.88. The molecule has 1 rings (SSSR count). The van der Waals surface area contributed by atoms with Gasteiger partial charge in [-0.15, -0.1) is 0 Å². The van der Waals surface area contributed by atoms with Crippen molar-refractivity contribution in [3.8, 4) is 0 Å². The molecule has 0 fully saturated rings. The number of aromatic amines is 2. The summed E-state index contributed by atoms with van der Waals surface area (Å²) in [4.78, 5) is 28.3. The largest absolute Gasteiger partial charge is 0.308 e. The van der Waals surface area contributed by atoms with Gasteiger partial charge in [-0.1, -0.05) is 58.3 Å². The number of unbranched alkanes of at least 4 members (excludes halogenated alkanes) is 3. The lowest BCUT2D eigenvalue weighted by Crippen LogP contribution is -2.47. The first-order chi connectivity index (χ1) is 10.1. The Morgan fingerprint density at radius 3 is 2.33 bits per heavy atom. The Bertz CT molecular complexity index is 630. The molecular formula is C17H26N2O2. The quantitative estimate of drug-likeness (QED) is 0.717. The molecule has 1 aromatic rings. The van der Waals surface area contributed by atoms with Crippen LogP contribution in [-0.2, 0) is 0 Å². The van der Waals surface area contributed by atoms with Crippen LogP contribution in [0.5, 0.6) is 0 Å². The third kappa shape index (κ3) is 5.98. The molecule has 1 atom stereocenters. The Hall–Kier alpha value is -1.84. The van der Waals surface area contributed by atoms with E-state index in [0.717, 1.165) is 12.8 Å². The van der Waals surface area contributed by atoms with E-state index in [1.165, 1.54) is 25.7 Å². The van der Waals surface area contributed by atoms with E-state index in [1.807, 2.05) is 6.08 Å². The maximum absolute atomic E-state index is 11.7. The van der Waals surface area contributed by atoms with Crippen molar-refractivity contribution >= 4 is 12.7 Å². The maximum atomic E-state index is 11.7. The van der Waals surface area contributed by atoms with Gasteiger partial charge < -0.3 is 9.97 Å². The topological polar surface area (TPSA) is 65.7 Å². The molecule has 0 spiro atoms. The molecule has 0 bridgehead atoms. The predicted molar refractivity (Wildman–Crippen MR) is 88.6 cm³/mol. The first kappa shape index (κ1) is 17.2. The minimum absolute atomic E-state index is 0.125. The average molecular weight is 290 g/mol. The van der Waals surface area contributed by atoms with Crippen molar-refractivity contribution in [3.63, 3.8) is 0 Å². The molecule has 1 aromatic heterocycles. The van der Waals surface area contributed by atoms with Crippen LogP contribution in [0.25, 0.3) is 12.7 Å². The Morgan fingerprint density at radius 2 is 1.76 bits per heavy atom. The molecular weight excluding hydrogens is 264 g/mol. The second-order valence-electron chi connectivity index (χ2n) is 5.37. The summed E-state index contributed by atoms with van der Waals surface area (Å²) in [7, 11) is 0. The van der Waals surface area contributed by atoms with E-state index in [2.05, 4.69) is 36.5 Å². The van der Waals surface area contributed by atoms with E-state index in [0.29, 0.717) is 5.92 Å². The summed E-state index contributed by atoms with van der Waals surface area (Å²) < 4.78 is 0. The second-order valence-corrected chi connectivity index (χ2v) is 5.37. The van der Waals surface area contributed by atoms with Crippen molar-refractivity contribution in [1.82, 2.24) is 9.97 Å². The van der Waals surface area contributed by atoms with Gasteiger partial charge in [-0.25, -0.2) is 0 Å². The van der Waals surface area contributed by atoms with Gasteiger partial charge >= 0.3 is 0 Å². The zero-order valence-electron chi connectivity index (χ0n) is 13.1. The van der Waals surface area contributed by atoms with Crippen LogP contribution in [0.1, 0.15) is 52.4 Å². The van der Waals surface area contributed by atoms with E-state index < -0.39 is 11.1 Å². The van der Waals surface area contributed by atoms with Crippen LogP contribution in [0.4, 0.5) is 0 Å². The number of H-pyrrole nitrogens is 2. The van der Waals surface area contributed by atoms with Gasteiger partial charge in [-0.05, 0) is 24.8 Å². The van der Waals surface area contributed by atoms with Crippen LogP contribution in [0.15, 0.2) is 21.7 Å². The molecule has 0 saturated carbocycles. The number of hydrogen-bond acceptors (Lipinski definition) is 2. The Morgan fingerprint density at radius 1 is 1.10 bits per heavy atom. The Labute approximate surface area is 125 Å². The number of rotatable bonds is 8. The molecule has 116 valence electrons. The summed E-state index contributed by atoms with van der Waals surface area (Å²) in [5.74, 6) is 0.503. The fraction of sp³-hybridized carbons (Fsp3) is 0.529. The van der Waals surface area contributed by atoms with Gasteiger partial charge in [0.1, 0.15) is 10.7 Å². The van der Waals surface area contributed by atoms with Gasteiger partial charge in [0, 0.05) is 0 Å². The lowest BCUT2D eigenvalue weighted by atomic mass is 9.98. The molecule has 4 nitrogen and oxygen atoms in total. The van der Waals surface area contributed by atoms with E-state index >= 15 is 0 Å². The molecule has 0 amide bonds. The summed E-state index contributed by atoms with van der Waals surface area (Å²) in [6, 6.07) is 0. The molecule has 0 aliphatic rings. The van der Waals surface area contributed by atoms with Gasteiger partial charge in [0.05, 0.1) is 0 Å². The zero-order valence-corrected chi connectivity index (χ0v) is 13.1. The molecule has 1 unspecified atom stereocenters. The third-order valence-electron chi connectivity index (χ3n) is 3.62. The van der Waals surface area contributed by atoms with Gasteiger partial charge in [-0.2, -0.15) is 0 Å². The number of nitrogens with one attached hydrogen (secondary N) is 2. The second kappa shape index (κ2) is 9.16. The first-order valence-corrected chi connectivity index (χ1v) is 7.78. The molecule has 2 N–H and O–H groups in total. The van der Waals surface area contributed by atoms with Crippen LogP contribution in [0.2, 0.25) is 0 Å². The maximum Gasteiger partial charge on any atom is 0.262 e. The average Bonchev–Trinajstić information content (AvgIpc) is 2.43. The van der Waals surface area contributed by atoms with Gasteiger partial charge in [-0.3, -0.25) is 9.59 Å². The molecule has 0 saturated heterocycles. The smallest absolute Gasteiger partial charge is 0.262 e. The highest BCUT2D eigenvalue weighted by Gasteiger charge is 2.01. The van der Waals surface area contributed by atoms with Crippen molar-refractivity contribution in [3.05, 3.63) is 43.6 Å². The number of hydrogen-bond donors (Lipinski definition) is 2.